The minimum absolute atomic E-state index is 0.114. The Balaban J connectivity index is 1.31. The van der Waals surface area contributed by atoms with Crippen molar-refractivity contribution in [2.75, 3.05) is 17.2 Å². The van der Waals surface area contributed by atoms with Crippen molar-refractivity contribution in [3.63, 3.8) is 0 Å². The molecule has 0 atom stereocenters. The molecular formula is C25H21N5O2. The zero-order valence-electron chi connectivity index (χ0n) is 17.2. The van der Waals surface area contributed by atoms with Crippen LogP contribution in [0.5, 0.6) is 0 Å². The highest BCUT2D eigenvalue weighted by atomic mass is 16.2. The van der Waals surface area contributed by atoms with Crippen LogP contribution in [-0.4, -0.2) is 28.3 Å². The van der Waals surface area contributed by atoms with Crippen LogP contribution in [-0.2, 0) is 4.79 Å². The highest BCUT2D eigenvalue weighted by molar-refractivity contribution is 5.99. The lowest BCUT2D eigenvalue weighted by molar-refractivity contribution is -0.115. The molecule has 7 heteroatoms. The molecule has 4 rings (SSSR count). The molecule has 1 heterocycles. The monoisotopic (exact) mass is 423 g/mol. The van der Waals surface area contributed by atoms with E-state index in [0.29, 0.717) is 17.1 Å². The predicted octanol–water partition coefficient (Wildman–Crippen LogP) is 4.26. The van der Waals surface area contributed by atoms with E-state index in [-0.39, 0.29) is 18.4 Å². The lowest BCUT2D eigenvalue weighted by Gasteiger charge is -2.10. The Morgan fingerprint density at radius 1 is 0.750 bits per heavy atom. The summed E-state index contributed by atoms with van der Waals surface area (Å²) in [5.41, 5.74) is 3.79. The molecule has 0 bridgehead atoms. The first-order valence-electron chi connectivity index (χ1n) is 10.0. The average molecular weight is 423 g/mol. The van der Waals surface area contributed by atoms with Crippen LogP contribution in [0.4, 0.5) is 17.2 Å². The van der Waals surface area contributed by atoms with E-state index in [1.54, 1.807) is 36.4 Å². The molecule has 0 fully saturated rings. The Labute approximate surface area is 185 Å². The van der Waals surface area contributed by atoms with Crippen molar-refractivity contribution in [2.45, 2.75) is 0 Å². The van der Waals surface area contributed by atoms with Gasteiger partial charge in [0.25, 0.3) is 5.91 Å². The van der Waals surface area contributed by atoms with Crippen LogP contribution in [0.1, 0.15) is 10.4 Å². The molecule has 158 valence electrons. The second-order valence-electron chi connectivity index (χ2n) is 6.95. The number of nitrogens with one attached hydrogen (secondary N) is 3. The van der Waals surface area contributed by atoms with Gasteiger partial charge in [-0.05, 0) is 36.4 Å². The van der Waals surface area contributed by atoms with Crippen LogP contribution in [0, 0.1) is 0 Å². The van der Waals surface area contributed by atoms with E-state index < -0.39 is 0 Å². The van der Waals surface area contributed by atoms with Gasteiger partial charge in [-0.2, -0.15) is 0 Å². The molecule has 3 aromatic carbocycles. The molecule has 3 N–H and O–H groups in total. The highest BCUT2D eigenvalue weighted by Gasteiger charge is 2.08. The topological polar surface area (TPSA) is 96.0 Å². The van der Waals surface area contributed by atoms with E-state index >= 15 is 0 Å². The molecule has 0 aliphatic rings. The van der Waals surface area contributed by atoms with Crippen LogP contribution in [0.15, 0.2) is 97.3 Å². The van der Waals surface area contributed by atoms with Crippen molar-refractivity contribution in [3.05, 3.63) is 103 Å². The lowest BCUT2D eigenvalue weighted by Crippen LogP contribution is -2.32. The SMILES string of the molecule is O=C(CNC(=O)c1ccccc1)Nc1ccc(Nc2cc(-c3ccccc3)ncn2)cc1. The molecule has 4 aromatic rings. The van der Waals surface area contributed by atoms with Gasteiger partial charge in [0, 0.05) is 28.6 Å². The van der Waals surface area contributed by atoms with Crippen LogP contribution >= 0.6 is 0 Å². The minimum Gasteiger partial charge on any atom is -0.343 e. The fourth-order valence-corrected chi connectivity index (χ4v) is 3.03. The molecular weight excluding hydrogens is 402 g/mol. The third-order valence-corrected chi connectivity index (χ3v) is 4.62. The van der Waals surface area contributed by atoms with Gasteiger partial charge in [0.2, 0.25) is 5.91 Å². The highest BCUT2D eigenvalue weighted by Crippen LogP contribution is 2.21. The molecule has 0 saturated carbocycles. The van der Waals surface area contributed by atoms with E-state index in [4.69, 9.17) is 0 Å². The van der Waals surface area contributed by atoms with Crippen molar-refractivity contribution >= 4 is 29.0 Å². The number of anilines is 3. The van der Waals surface area contributed by atoms with Crippen LogP contribution in [0.2, 0.25) is 0 Å². The summed E-state index contributed by atoms with van der Waals surface area (Å²) in [6.07, 6.45) is 1.52. The summed E-state index contributed by atoms with van der Waals surface area (Å²) < 4.78 is 0. The Hall–Kier alpha value is -4.52. The zero-order valence-corrected chi connectivity index (χ0v) is 17.2. The number of hydrogen-bond donors (Lipinski definition) is 3. The number of amides is 2. The minimum atomic E-state index is -0.307. The number of nitrogens with zero attached hydrogens (tertiary/aromatic N) is 2. The van der Waals surface area contributed by atoms with Gasteiger partial charge in [-0.25, -0.2) is 9.97 Å². The first kappa shape index (κ1) is 20.7. The Morgan fingerprint density at radius 2 is 1.41 bits per heavy atom. The number of aromatic nitrogens is 2. The summed E-state index contributed by atoms with van der Waals surface area (Å²) in [6.45, 7) is -0.114. The van der Waals surface area contributed by atoms with Gasteiger partial charge in [-0.1, -0.05) is 48.5 Å². The summed E-state index contributed by atoms with van der Waals surface area (Å²) in [5.74, 6) is 0.0672. The summed E-state index contributed by atoms with van der Waals surface area (Å²) in [6, 6.07) is 27.7. The standard InChI is InChI=1S/C25H21N5O2/c31-24(16-26-25(32)19-9-5-2-6-10-19)30-21-13-11-20(12-14-21)29-23-15-22(27-17-28-23)18-7-3-1-4-8-18/h1-15,17H,16H2,(H,26,32)(H,30,31)(H,27,28,29). The summed E-state index contributed by atoms with van der Waals surface area (Å²) in [5, 5.41) is 8.60. The molecule has 2 amide bonds. The number of rotatable bonds is 7. The van der Waals surface area contributed by atoms with Crippen LogP contribution in [0.3, 0.4) is 0 Å². The van der Waals surface area contributed by atoms with E-state index in [1.807, 2.05) is 54.6 Å². The maximum absolute atomic E-state index is 12.1. The Bertz CT molecular complexity index is 1200. The largest absolute Gasteiger partial charge is 0.343 e. The second-order valence-corrected chi connectivity index (χ2v) is 6.95. The second kappa shape index (κ2) is 9.99. The van der Waals surface area contributed by atoms with Crippen LogP contribution < -0.4 is 16.0 Å². The maximum atomic E-state index is 12.1. The Kier molecular flexibility index (Phi) is 6.48. The summed E-state index contributed by atoms with van der Waals surface area (Å²) >= 11 is 0. The van der Waals surface area contributed by atoms with E-state index in [1.165, 1.54) is 6.33 Å². The van der Waals surface area contributed by atoms with Gasteiger partial charge < -0.3 is 16.0 Å². The van der Waals surface area contributed by atoms with Crippen molar-refractivity contribution in [3.8, 4) is 11.3 Å². The molecule has 0 unspecified atom stereocenters. The molecule has 0 saturated heterocycles. The van der Waals surface area contributed by atoms with Crippen molar-refractivity contribution < 1.29 is 9.59 Å². The number of benzene rings is 3. The third-order valence-electron chi connectivity index (χ3n) is 4.62. The fraction of sp³-hybridized carbons (Fsp3) is 0.0400. The van der Waals surface area contributed by atoms with E-state index in [0.717, 1.165) is 16.9 Å². The summed E-state index contributed by atoms with van der Waals surface area (Å²) in [7, 11) is 0. The van der Waals surface area contributed by atoms with E-state index in [2.05, 4.69) is 25.9 Å². The van der Waals surface area contributed by atoms with Gasteiger partial charge >= 0.3 is 0 Å². The van der Waals surface area contributed by atoms with E-state index in [9.17, 15) is 9.59 Å². The lowest BCUT2D eigenvalue weighted by atomic mass is 10.1. The normalized spacial score (nSPS) is 10.2. The first-order valence-corrected chi connectivity index (χ1v) is 10.0. The molecule has 7 nitrogen and oxygen atoms in total. The average Bonchev–Trinajstić information content (AvgIpc) is 2.85. The number of carbonyl (C=O) groups excluding carboxylic acids is 2. The van der Waals surface area contributed by atoms with Crippen molar-refractivity contribution in [1.29, 1.82) is 0 Å². The van der Waals surface area contributed by atoms with Gasteiger partial charge in [-0.3, -0.25) is 9.59 Å². The van der Waals surface area contributed by atoms with Crippen LogP contribution in [0.25, 0.3) is 11.3 Å². The first-order chi connectivity index (χ1) is 15.7. The van der Waals surface area contributed by atoms with Crippen molar-refractivity contribution in [2.24, 2.45) is 0 Å². The Morgan fingerprint density at radius 3 is 2.12 bits per heavy atom. The molecule has 0 aliphatic heterocycles. The predicted molar refractivity (Wildman–Crippen MR) is 125 cm³/mol. The fourth-order valence-electron chi connectivity index (χ4n) is 3.03. The zero-order chi connectivity index (χ0) is 22.2. The molecule has 32 heavy (non-hydrogen) atoms. The maximum Gasteiger partial charge on any atom is 0.251 e. The third kappa shape index (κ3) is 5.54. The van der Waals surface area contributed by atoms with Gasteiger partial charge in [-0.15, -0.1) is 0 Å². The summed E-state index contributed by atoms with van der Waals surface area (Å²) in [4.78, 5) is 32.7. The molecule has 1 aromatic heterocycles. The van der Waals surface area contributed by atoms with Gasteiger partial charge in [0.05, 0.1) is 12.2 Å². The number of hydrogen-bond acceptors (Lipinski definition) is 5. The molecule has 0 spiro atoms. The molecule has 0 radical (unpaired) electrons. The van der Waals surface area contributed by atoms with Crippen molar-refractivity contribution in [1.82, 2.24) is 15.3 Å². The number of carbonyl (C=O) groups is 2. The quantitative estimate of drug-likeness (QED) is 0.413. The molecule has 0 aliphatic carbocycles. The van der Waals surface area contributed by atoms with Gasteiger partial charge in [0.1, 0.15) is 12.1 Å². The van der Waals surface area contributed by atoms with Gasteiger partial charge in [0.15, 0.2) is 0 Å². The smallest absolute Gasteiger partial charge is 0.251 e.